The molecule has 1 atom stereocenters. The maximum Gasteiger partial charge on any atom is 0.337 e. The van der Waals surface area contributed by atoms with Crippen LogP contribution in [-0.2, 0) is 19.1 Å². The van der Waals surface area contributed by atoms with Crippen LogP contribution in [0.1, 0.15) is 29.8 Å². The van der Waals surface area contributed by atoms with Gasteiger partial charge in [0.2, 0.25) is 5.88 Å². The number of carbonyl (C=O) groups is 2. The Morgan fingerprint density at radius 3 is 2.81 bits per heavy atom. The van der Waals surface area contributed by atoms with E-state index in [0.717, 1.165) is 0 Å². The molecule has 2 heterocycles. The number of amides is 1. The predicted octanol–water partition coefficient (Wildman–Crippen LogP) is 0.988. The Hall–Kier alpha value is -3.75. The largest absolute Gasteiger partial charge is 0.469 e. The number of carbonyl (C=O) groups excluding carboxylic acids is 2. The minimum absolute atomic E-state index is 0.0666. The second-order valence-corrected chi connectivity index (χ2v) is 6.53. The Morgan fingerprint density at radius 1 is 1.39 bits per heavy atom. The van der Waals surface area contributed by atoms with E-state index in [1.807, 2.05) is 6.07 Å². The fraction of sp³-hybridized carbons (Fsp3) is 0.350. The Morgan fingerprint density at radius 2 is 2.16 bits per heavy atom. The first kappa shape index (κ1) is 21.9. The molecule has 1 saturated heterocycles. The molecule has 3 rings (SSSR count). The standard InChI is InChI=1S/C20H21N5O6/c1-3-29-20(27)11(2)31-25-18(26)15-16(22)23-17(13-6-4-5-12(7-13)8-21)24-19(15)30-14-9-28-10-14/h4-7,11,14H,3,9-10H2,1-2H3,(H,25,26)(H2,22,23,24)/t11-/m0/s1. The highest BCUT2D eigenvalue weighted by atomic mass is 16.7. The maximum absolute atomic E-state index is 12.7. The van der Waals surface area contributed by atoms with Crippen molar-refractivity contribution < 1.29 is 28.6 Å². The minimum atomic E-state index is -1.04. The number of hydrogen-bond donors (Lipinski definition) is 2. The first-order chi connectivity index (χ1) is 14.9. The minimum Gasteiger partial charge on any atom is -0.469 e. The molecule has 1 aromatic carbocycles. The molecule has 11 heteroatoms. The normalized spacial score (nSPS) is 14.1. The van der Waals surface area contributed by atoms with Gasteiger partial charge in [0.25, 0.3) is 5.91 Å². The zero-order valence-corrected chi connectivity index (χ0v) is 17.0. The second kappa shape index (κ2) is 9.84. The van der Waals surface area contributed by atoms with Crippen LogP contribution in [0, 0.1) is 11.3 Å². The predicted molar refractivity (Wildman–Crippen MR) is 106 cm³/mol. The number of ether oxygens (including phenoxy) is 3. The number of nitriles is 1. The van der Waals surface area contributed by atoms with Gasteiger partial charge in [-0.3, -0.25) is 9.63 Å². The Labute approximate surface area is 178 Å². The van der Waals surface area contributed by atoms with Gasteiger partial charge in [0.05, 0.1) is 31.5 Å². The van der Waals surface area contributed by atoms with Crippen molar-refractivity contribution >= 4 is 17.7 Å². The van der Waals surface area contributed by atoms with Crippen LogP contribution in [0.3, 0.4) is 0 Å². The first-order valence-electron chi connectivity index (χ1n) is 9.48. The van der Waals surface area contributed by atoms with Crippen LogP contribution >= 0.6 is 0 Å². The Bertz CT molecular complexity index is 1020. The van der Waals surface area contributed by atoms with Gasteiger partial charge in [0, 0.05) is 5.56 Å². The van der Waals surface area contributed by atoms with Gasteiger partial charge in [-0.25, -0.2) is 15.3 Å². The molecule has 1 fully saturated rings. The highest BCUT2D eigenvalue weighted by Crippen LogP contribution is 2.28. The summed E-state index contributed by atoms with van der Waals surface area (Å²) in [6.07, 6.45) is -1.35. The number of aromatic nitrogens is 2. The molecule has 162 valence electrons. The molecule has 3 N–H and O–H groups in total. The Kier molecular flexibility index (Phi) is 6.96. The third kappa shape index (κ3) is 5.25. The number of rotatable bonds is 8. The van der Waals surface area contributed by atoms with Gasteiger partial charge >= 0.3 is 5.97 Å². The molecule has 0 saturated carbocycles. The molecule has 2 aromatic rings. The van der Waals surface area contributed by atoms with E-state index in [1.54, 1.807) is 31.2 Å². The highest BCUT2D eigenvalue weighted by molar-refractivity contribution is 6.00. The monoisotopic (exact) mass is 427 g/mol. The molecule has 31 heavy (non-hydrogen) atoms. The summed E-state index contributed by atoms with van der Waals surface area (Å²) in [6.45, 7) is 3.92. The van der Waals surface area contributed by atoms with Crippen LogP contribution in [0.5, 0.6) is 5.88 Å². The molecule has 1 aromatic heterocycles. The van der Waals surface area contributed by atoms with Crippen molar-refractivity contribution in [2.75, 3.05) is 25.6 Å². The number of nitrogens with one attached hydrogen (secondary N) is 1. The summed E-state index contributed by atoms with van der Waals surface area (Å²) >= 11 is 0. The maximum atomic E-state index is 12.7. The van der Waals surface area contributed by atoms with Crippen LogP contribution in [0.15, 0.2) is 24.3 Å². The zero-order chi connectivity index (χ0) is 22.4. The SMILES string of the molecule is CCOC(=O)[C@H](C)ONC(=O)c1c(N)nc(-c2cccc(C#N)c2)nc1OC1COC1. The summed E-state index contributed by atoms with van der Waals surface area (Å²) in [5.41, 5.74) is 8.99. The average molecular weight is 427 g/mol. The number of hydrogen-bond acceptors (Lipinski definition) is 10. The van der Waals surface area contributed by atoms with Crippen molar-refractivity contribution in [3.63, 3.8) is 0 Å². The number of nitrogens with two attached hydrogens (primary N) is 1. The van der Waals surface area contributed by atoms with E-state index in [0.29, 0.717) is 24.3 Å². The summed E-state index contributed by atoms with van der Waals surface area (Å²) in [5, 5.41) is 9.12. The third-order valence-corrected chi connectivity index (χ3v) is 4.21. The van der Waals surface area contributed by atoms with Crippen molar-refractivity contribution in [3.8, 4) is 23.3 Å². The molecule has 0 aliphatic carbocycles. The zero-order valence-electron chi connectivity index (χ0n) is 17.0. The topological polar surface area (TPSA) is 159 Å². The summed E-state index contributed by atoms with van der Waals surface area (Å²) in [5.74, 6) is -1.47. The van der Waals surface area contributed by atoms with E-state index in [2.05, 4.69) is 15.4 Å². The third-order valence-electron chi connectivity index (χ3n) is 4.21. The molecule has 11 nitrogen and oxygen atoms in total. The summed E-state index contributed by atoms with van der Waals surface area (Å²) in [6, 6.07) is 8.65. The van der Waals surface area contributed by atoms with E-state index < -0.39 is 18.0 Å². The van der Waals surface area contributed by atoms with Crippen LogP contribution in [0.4, 0.5) is 5.82 Å². The molecular weight excluding hydrogens is 406 g/mol. The number of nitrogens with zero attached hydrogens (tertiary/aromatic N) is 3. The van der Waals surface area contributed by atoms with Gasteiger partial charge in [-0.1, -0.05) is 12.1 Å². The first-order valence-corrected chi connectivity index (χ1v) is 9.48. The number of hydroxylamine groups is 1. The second-order valence-electron chi connectivity index (χ2n) is 6.53. The number of anilines is 1. The van der Waals surface area contributed by atoms with Gasteiger partial charge in [0.1, 0.15) is 17.5 Å². The van der Waals surface area contributed by atoms with E-state index in [1.165, 1.54) is 6.92 Å². The molecule has 0 spiro atoms. The molecule has 1 aliphatic rings. The summed E-state index contributed by atoms with van der Waals surface area (Å²) in [4.78, 5) is 37.9. The molecule has 0 unspecified atom stereocenters. The number of nitrogen functional groups attached to an aromatic ring is 1. The van der Waals surface area contributed by atoms with Crippen LogP contribution in [0.2, 0.25) is 0 Å². The van der Waals surface area contributed by atoms with Gasteiger partial charge < -0.3 is 19.9 Å². The lowest BCUT2D eigenvalue weighted by Gasteiger charge is -2.27. The van der Waals surface area contributed by atoms with E-state index in [4.69, 9.17) is 30.0 Å². The molecular formula is C20H21N5O6. The lowest BCUT2D eigenvalue weighted by Crippen LogP contribution is -2.40. The van der Waals surface area contributed by atoms with Crippen molar-refractivity contribution in [1.29, 1.82) is 5.26 Å². The quantitative estimate of drug-likeness (QED) is 0.459. The summed E-state index contributed by atoms with van der Waals surface area (Å²) < 4.78 is 15.7. The average Bonchev–Trinajstić information content (AvgIpc) is 2.74. The van der Waals surface area contributed by atoms with Gasteiger partial charge in [0.15, 0.2) is 11.9 Å². The van der Waals surface area contributed by atoms with Gasteiger partial charge in [-0.05, 0) is 26.0 Å². The Balaban J connectivity index is 1.88. The highest BCUT2D eigenvalue weighted by Gasteiger charge is 2.28. The smallest absolute Gasteiger partial charge is 0.337 e. The molecule has 1 aliphatic heterocycles. The van der Waals surface area contributed by atoms with Crippen molar-refractivity contribution in [2.24, 2.45) is 0 Å². The fourth-order valence-corrected chi connectivity index (χ4v) is 2.55. The van der Waals surface area contributed by atoms with E-state index >= 15 is 0 Å². The summed E-state index contributed by atoms with van der Waals surface area (Å²) in [7, 11) is 0. The van der Waals surface area contributed by atoms with Crippen LogP contribution in [-0.4, -0.2) is 53.9 Å². The number of benzene rings is 1. The van der Waals surface area contributed by atoms with E-state index in [9.17, 15) is 9.59 Å². The lowest BCUT2D eigenvalue weighted by atomic mass is 10.1. The molecule has 0 radical (unpaired) electrons. The van der Waals surface area contributed by atoms with Crippen LogP contribution < -0.4 is 16.0 Å². The lowest BCUT2D eigenvalue weighted by molar-refractivity contribution is -0.158. The van der Waals surface area contributed by atoms with E-state index in [-0.39, 0.29) is 35.8 Å². The van der Waals surface area contributed by atoms with Gasteiger partial charge in [-0.15, -0.1) is 0 Å². The van der Waals surface area contributed by atoms with Crippen molar-refractivity contribution in [3.05, 3.63) is 35.4 Å². The fourth-order valence-electron chi connectivity index (χ4n) is 2.55. The van der Waals surface area contributed by atoms with Crippen molar-refractivity contribution in [2.45, 2.75) is 26.1 Å². The van der Waals surface area contributed by atoms with Crippen LogP contribution in [0.25, 0.3) is 11.4 Å². The molecule has 1 amide bonds. The number of esters is 1. The van der Waals surface area contributed by atoms with Gasteiger partial charge in [-0.2, -0.15) is 10.2 Å². The van der Waals surface area contributed by atoms with Crippen molar-refractivity contribution in [1.82, 2.24) is 15.4 Å². The molecule has 0 bridgehead atoms.